The summed E-state index contributed by atoms with van der Waals surface area (Å²) in [6.45, 7) is 1.62. The topological polar surface area (TPSA) is 72.5 Å². The molecule has 7 heteroatoms. The highest BCUT2D eigenvalue weighted by molar-refractivity contribution is 7.99. The Hall–Kier alpha value is -1.05. The largest absolute Gasteiger partial charge is 0.465 e. The molecular formula is C14H19NO4S2. The van der Waals surface area contributed by atoms with Crippen molar-refractivity contribution in [1.29, 1.82) is 0 Å². The van der Waals surface area contributed by atoms with Gasteiger partial charge in [0.25, 0.3) is 0 Å². The smallest absolute Gasteiger partial charge is 0.338 e. The molecule has 116 valence electrons. The number of sulfonamides is 1. The lowest BCUT2D eigenvalue weighted by Gasteiger charge is -2.23. The van der Waals surface area contributed by atoms with E-state index in [4.69, 9.17) is 0 Å². The molecule has 0 amide bonds. The molecule has 0 unspecified atom stereocenters. The summed E-state index contributed by atoms with van der Waals surface area (Å²) < 4.78 is 32.4. The van der Waals surface area contributed by atoms with E-state index in [0.29, 0.717) is 5.56 Å². The Morgan fingerprint density at radius 1 is 1.33 bits per heavy atom. The van der Waals surface area contributed by atoms with Crippen LogP contribution in [0.1, 0.15) is 28.8 Å². The first kappa shape index (κ1) is 16.3. The van der Waals surface area contributed by atoms with Crippen LogP contribution in [-0.2, 0) is 14.8 Å². The second-order valence-corrected chi connectivity index (χ2v) is 7.84. The SMILES string of the molecule is COC(=O)c1cccc(S(=O)(=O)NC2CCSCC2)c1C. The minimum absolute atomic E-state index is 0.0302. The second-order valence-electron chi connectivity index (χ2n) is 4.93. The quantitative estimate of drug-likeness (QED) is 0.855. The van der Waals surface area contributed by atoms with E-state index in [1.54, 1.807) is 19.1 Å². The molecule has 21 heavy (non-hydrogen) atoms. The maximum absolute atomic E-state index is 12.5. The molecule has 1 aliphatic rings. The molecular weight excluding hydrogens is 310 g/mol. The number of benzene rings is 1. The highest BCUT2D eigenvalue weighted by Gasteiger charge is 2.25. The highest BCUT2D eigenvalue weighted by Crippen LogP contribution is 2.23. The first-order valence-corrected chi connectivity index (χ1v) is 9.37. The number of ether oxygens (including phenoxy) is 1. The lowest BCUT2D eigenvalue weighted by molar-refractivity contribution is 0.0599. The number of nitrogens with one attached hydrogen (secondary N) is 1. The van der Waals surface area contributed by atoms with Crippen molar-refractivity contribution >= 4 is 27.8 Å². The fourth-order valence-corrected chi connectivity index (χ4v) is 5.01. The monoisotopic (exact) mass is 329 g/mol. The first-order valence-electron chi connectivity index (χ1n) is 6.73. The molecule has 0 bridgehead atoms. The summed E-state index contributed by atoms with van der Waals surface area (Å²) in [7, 11) is -2.34. The van der Waals surface area contributed by atoms with Gasteiger partial charge in [-0.1, -0.05) is 6.07 Å². The number of methoxy groups -OCH3 is 1. The van der Waals surface area contributed by atoms with Crippen molar-refractivity contribution in [3.8, 4) is 0 Å². The van der Waals surface area contributed by atoms with Crippen LogP contribution in [0.5, 0.6) is 0 Å². The van der Waals surface area contributed by atoms with Gasteiger partial charge in [-0.15, -0.1) is 0 Å². The Morgan fingerprint density at radius 3 is 2.62 bits per heavy atom. The van der Waals surface area contributed by atoms with E-state index in [0.717, 1.165) is 24.3 Å². The summed E-state index contributed by atoms with van der Waals surface area (Å²) >= 11 is 1.84. The molecule has 2 rings (SSSR count). The maximum Gasteiger partial charge on any atom is 0.338 e. The van der Waals surface area contributed by atoms with E-state index in [1.165, 1.54) is 13.2 Å². The fraction of sp³-hybridized carbons (Fsp3) is 0.500. The van der Waals surface area contributed by atoms with Gasteiger partial charge < -0.3 is 4.74 Å². The van der Waals surface area contributed by atoms with Gasteiger partial charge in [-0.05, 0) is 49.0 Å². The van der Waals surface area contributed by atoms with E-state index in [9.17, 15) is 13.2 Å². The van der Waals surface area contributed by atoms with Crippen LogP contribution in [0.2, 0.25) is 0 Å². The summed E-state index contributed by atoms with van der Waals surface area (Å²) in [6.07, 6.45) is 1.67. The fourth-order valence-electron chi connectivity index (χ4n) is 2.34. The first-order chi connectivity index (χ1) is 9.95. The third-order valence-corrected chi connectivity index (χ3v) is 6.24. The lowest BCUT2D eigenvalue weighted by Crippen LogP contribution is -2.37. The van der Waals surface area contributed by atoms with Crippen molar-refractivity contribution in [2.24, 2.45) is 0 Å². The normalized spacial score (nSPS) is 16.7. The summed E-state index contributed by atoms with van der Waals surface area (Å²) in [4.78, 5) is 11.8. The number of esters is 1. The number of rotatable bonds is 4. The molecule has 0 radical (unpaired) electrons. The summed E-state index contributed by atoms with van der Waals surface area (Å²) in [5.41, 5.74) is 0.696. The third-order valence-electron chi connectivity index (χ3n) is 3.52. The Morgan fingerprint density at radius 2 is 2.00 bits per heavy atom. The summed E-state index contributed by atoms with van der Waals surface area (Å²) in [5.74, 6) is 1.40. The molecule has 0 aromatic heterocycles. The number of carbonyl (C=O) groups excluding carboxylic acids is 1. The zero-order valence-corrected chi connectivity index (χ0v) is 13.7. The van der Waals surface area contributed by atoms with Crippen LogP contribution in [0, 0.1) is 6.92 Å². The van der Waals surface area contributed by atoms with Crippen LogP contribution in [0.3, 0.4) is 0 Å². The second kappa shape index (κ2) is 6.81. The number of hydrogen-bond acceptors (Lipinski definition) is 5. The Kier molecular flexibility index (Phi) is 5.29. The van der Waals surface area contributed by atoms with Crippen molar-refractivity contribution in [3.63, 3.8) is 0 Å². The van der Waals surface area contributed by atoms with Crippen molar-refractivity contribution in [2.75, 3.05) is 18.6 Å². The van der Waals surface area contributed by atoms with Gasteiger partial charge in [0.2, 0.25) is 10.0 Å². The van der Waals surface area contributed by atoms with Crippen LogP contribution < -0.4 is 4.72 Å². The Balaban J connectivity index is 2.29. The molecule has 0 atom stereocenters. The van der Waals surface area contributed by atoms with Gasteiger partial charge in [-0.3, -0.25) is 0 Å². The molecule has 1 aliphatic heterocycles. The van der Waals surface area contributed by atoms with Crippen LogP contribution >= 0.6 is 11.8 Å². The van der Waals surface area contributed by atoms with Gasteiger partial charge in [-0.25, -0.2) is 17.9 Å². The molecule has 0 saturated carbocycles. The standard InChI is InChI=1S/C14H19NO4S2/c1-10-12(14(16)19-2)4-3-5-13(10)21(17,18)15-11-6-8-20-9-7-11/h3-5,11,15H,6-9H2,1-2H3. The number of hydrogen-bond donors (Lipinski definition) is 1. The summed E-state index contributed by atoms with van der Waals surface area (Å²) in [6, 6.07) is 4.61. The summed E-state index contributed by atoms with van der Waals surface area (Å²) in [5, 5.41) is 0. The average molecular weight is 329 g/mol. The highest BCUT2D eigenvalue weighted by atomic mass is 32.2. The van der Waals surface area contributed by atoms with Crippen LogP contribution in [0.15, 0.2) is 23.1 Å². The number of carbonyl (C=O) groups is 1. The zero-order valence-electron chi connectivity index (χ0n) is 12.1. The van der Waals surface area contributed by atoms with E-state index in [2.05, 4.69) is 9.46 Å². The maximum atomic E-state index is 12.5. The Bertz CT molecular complexity index is 622. The van der Waals surface area contributed by atoms with Crippen LogP contribution in [-0.4, -0.2) is 39.0 Å². The van der Waals surface area contributed by atoms with Crippen molar-refractivity contribution in [1.82, 2.24) is 4.72 Å². The minimum atomic E-state index is -3.62. The molecule has 1 N–H and O–H groups in total. The van der Waals surface area contributed by atoms with Gasteiger partial charge in [0.1, 0.15) is 0 Å². The third kappa shape index (κ3) is 3.78. The van der Waals surface area contributed by atoms with Crippen LogP contribution in [0.4, 0.5) is 0 Å². The van der Waals surface area contributed by atoms with E-state index in [-0.39, 0.29) is 16.5 Å². The van der Waals surface area contributed by atoms with Gasteiger partial charge >= 0.3 is 5.97 Å². The predicted molar refractivity (Wildman–Crippen MR) is 83.2 cm³/mol. The van der Waals surface area contributed by atoms with Crippen molar-refractivity contribution in [3.05, 3.63) is 29.3 Å². The molecule has 1 fully saturated rings. The van der Waals surface area contributed by atoms with Gasteiger partial charge in [-0.2, -0.15) is 11.8 Å². The van der Waals surface area contributed by atoms with Crippen molar-refractivity contribution < 1.29 is 17.9 Å². The van der Waals surface area contributed by atoms with Crippen LogP contribution in [0.25, 0.3) is 0 Å². The average Bonchev–Trinajstić information content (AvgIpc) is 2.47. The molecule has 0 aliphatic carbocycles. The predicted octanol–water partition coefficient (Wildman–Crippen LogP) is 1.96. The Labute approximate surface area is 129 Å². The van der Waals surface area contributed by atoms with E-state index >= 15 is 0 Å². The minimum Gasteiger partial charge on any atom is -0.465 e. The lowest BCUT2D eigenvalue weighted by atomic mass is 10.1. The molecule has 5 nitrogen and oxygen atoms in total. The van der Waals surface area contributed by atoms with Gasteiger partial charge in [0, 0.05) is 6.04 Å². The molecule has 1 aromatic rings. The van der Waals surface area contributed by atoms with Gasteiger partial charge in [0.15, 0.2) is 0 Å². The van der Waals surface area contributed by atoms with Gasteiger partial charge in [0.05, 0.1) is 17.6 Å². The molecule has 1 heterocycles. The molecule has 1 aromatic carbocycles. The van der Waals surface area contributed by atoms with E-state index in [1.807, 2.05) is 11.8 Å². The van der Waals surface area contributed by atoms with Crippen molar-refractivity contribution in [2.45, 2.75) is 30.7 Å². The number of thioether (sulfide) groups is 1. The van der Waals surface area contributed by atoms with E-state index < -0.39 is 16.0 Å². The molecule has 1 saturated heterocycles. The zero-order chi connectivity index (χ0) is 15.5. The molecule has 0 spiro atoms.